The Morgan fingerprint density at radius 1 is 1.64 bits per heavy atom. The lowest BCUT2D eigenvalue weighted by Gasteiger charge is -2.09. The molecule has 0 saturated carbocycles. The fourth-order valence-electron chi connectivity index (χ4n) is 1.16. The van der Waals surface area contributed by atoms with Crippen molar-refractivity contribution in [3.8, 4) is 6.07 Å². The van der Waals surface area contributed by atoms with Crippen molar-refractivity contribution in [1.29, 1.82) is 5.26 Å². The van der Waals surface area contributed by atoms with Crippen molar-refractivity contribution in [2.45, 2.75) is 19.2 Å². The van der Waals surface area contributed by atoms with Crippen LogP contribution in [0, 0.1) is 18.3 Å². The monoisotopic (exact) mass is 216 g/mol. The number of nitriles is 1. The minimum atomic E-state index is -2.69. The summed E-state index contributed by atoms with van der Waals surface area (Å²) in [5.74, 6) is -0.0678. The van der Waals surface area contributed by atoms with E-state index in [1.54, 1.807) is 6.07 Å². The summed E-state index contributed by atoms with van der Waals surface area (Å²) in [5.41, 5.74) is 0.147. The highest BCUT2D eigenvalue weighted by Crippen LogP contribution is 2.28. The molecule has 5 heteroatoms. The molecule has 0 atom stereocenters. The second-order valence-electron chi connectivity index (χ2n) is 2.70. The van der Waals surface area contributed by atoms with Crippen LogP contribution in [0.3, 0.4) is 0 Å². The first-order chi connectivity index (χ1) is 6.61. The summed E-state index contributed by atoms with van der Waals surface area (Å²) in [4.78, 5) is 3.82. The van der Waals surface area contributed by atoms with E-state index in [4.69, 9.17) is 16.9 Å². The molecule has 0 amide bonds. The number of pyridine rings is 1. The van der Waals surface area contributed by atoms with Crippen LogP contribution < -0.4 is 0 Å². The molecule has 0 fully saturated rings. The van der Waals surface area contributed by atoms with Crippen molar-refractivity contribution < 1.29 is 8.78 Å². The van der Waals surface area contributed by atoms with E-state index >= 15 is 0 Å². The molecule has 0 aromatic carbocycles. The van der Waals surface area contributed by atoms with E-state index in [0.29, 0.717) is 5.69 Å². The summed E-state index contributed by atoms with van der Waals surface area (Å²) in [6, 6.07) is 1.72. The Bertz CT molecular complexity index is 385. The van der Waals surface area contributed by atoms with Crippen LogP contribution in [0.1, 0.15) is 28.8 Å². The summed E-state index contributed by atoms with van der Waals surface area (Å²) < 4.78 is 25.2. The van der Waals surface area contributed by atoms with Gasteiger partial charge in [0.1, 0.15) is 6.07 Å². The Morgan fingerprint density at radius 3 is 2.71 bits per heavy atom. The maximum Gasteiger partial charge on any atom is 0.265 e. The molecule has 0 radical (unpaired) electrons. The van der Waals surface area contributed by atoms with Crippen molar-refractivity contribution in [3.05, 3.63) is 28.6 Å². The van der Waals surface area contributed by atoms with Gasteiger partial charge >= 0.3 is 0 Å². The molecular formula is C9H7ClF2N2. The fraction of sp³-hybridized carbons (Fsp3) is 0.333. The number of aromatic nitrogens is 1. The number of aryl methyl sites for hydroxylation is 1. The van der Waals surface area contributed by atoms with Crippen LogP contribution in [0.4, 0.5) is 8.78 Å². The SMILES string of the molecule is Cc1ncc(CCl)c(C(F)F)c1C#N. The zero-order chi connectivity index (χ0) is 10.7. The van der Waals surface area contributed by atoms with Gasteiger partial charge in [0.2, 0.25) is 0 Å². The summed E-state index contributed by atoms with van der Waals surface area (Å²) in [6.45, 7) is 1.52. The molecule has 0 bridgehead atoms. The Hall–Kier alpha value is -1.21. The molecule has 1 aromatic rings. The third-order valence-corrected chi connectivity index (χ3v) is 2.15. The van der Waals surface area contributed by atoms with Crippen molar-refractivity contribution in [2.24, 2.45) is 0 Å². The first kappa shape index (κ1) is 10.9. The average Bonchev–Trinajstić information content (AvgIpc) is 2.17. The number of alkyl halides is 3. The topological polar surface area (TPSA) is 36.7 Å². The Labute approximate surface area is 85.1 Å². The second kappa shape index (κ2) is 4.34. The normalized spacial score (nSPS) is 10.3. The highest BCUT2D eigenvalue weighted by atomic mass is 35.5. The van der Waals surface area contributed by atoms with E-state index in [0.717, 1.165) is 0 Å². The fourth-order valence-corrected chi connectivity index (χ4v) is 1.37. The van der Waals surface area contributed by atoms with E-state index in [1.165, 1.54) is 13.1 Å². The molecular weight excluding hydrogens is 210 g/mol. The van der Waals surface area contributed by atoms with Crippen molar-refractivity contribution in [3.63, 3.8) is 0 Å². The van der Waals surface area contributed by atoms with Gasteiger partial charge in [-0.15, -0.1) is 11.6 Å². The van der Waals surface area contributed by atoms with Crippen LogP contribution in [0.25, 0.3) is 0 Å². The third kappa shape index (κ3) is 1.83. The van der Waals surface area contributed by atoms with Gasteiger partial charge in [-0.2, -0.15) is 5.26 Å². The molecule has 0 saturated heterocycles. The zero-order valence-electron chi connectivity index (χ0n) is 7.39. The van der Waals surface area contributed by atoms with Crippen molar-refractivity contribution in [2.75, 3.05) is 0 Å². The van der Waals surface area contributed by atoms with Gasteiger partial charge in [-0.1, -0.05) is 0 Å². The predicted octanol–water partition coefficient (Wildman–Crippen LogP) is 2.94. The molecule has 0 aliphatic rings. The van der Waals surface area contributed by atoms with Crippen molar-refractivity contribution in [1.82, 2.24) is 4.98 Å². The summed E-state index contributed by atoms with van der Waals surface area (Å²) in [6.07, 6.45) is -1.41. The van der Waals surface area contributed by atoms with Gasteiger partial charge in [0, 0.05) is 17.6 Å². The van der Waals surface area contributed by atoms with Gasteiger partial charge in [-0.05, 0) is 12.5 Å². The maximum absolute atomic E-state index is 12.6. The van der Waals surface area contributed by atoms with Gasteiger partial charge in [0.05, 0.1) is 11.3 Å². The molecule has 1 heterocycles. The molecule has 0 unspecified atom stereocenters. The molecule has 0 aliphatic heterocycles. The van der Waals surface area contributed by atoms with Crippen molar-refractivity contribution >= 4 is 11.6 Å². The number of hydrogen-bond acceptors (Lipinski definition) is 2. The van der Waals surface area contributed by atoms with Crippen LogP contribution in [0.2, 0.25) is 0 Å². The van der Waals surface area contributed by atoms with Crippen LogP contribution in [0.5, 0.6) is 0 Å². The Morgan fingerprint density at radius 2 is 2.29 bits per heavy atom. The van der Waals surface area contributed by atoms with Crippen LogP contribution in [-0.4, -0.2) is 4.98 Å². The first-order valence-electron chi connectivity index (χ1n) is 3.84. The summed E-state index contributed by atoms with van der Waals surface area (Å²) in [7, 11) is 0. The van der Waals surface area contributed by atoms with E-state index in [9.17, 15) is 8.78 Å². The van der Waals surface area contributed by atoms with Gasteiger partial charge < -0.3 is 0 Å². The number of nitrogens with zero attached hydrogens (tertiary/aromatic N) is 2. The molecule has 1 aromatic heterocycles. The Balaban J connectivity index is 3.46. The zero-order valence-corrected chi connectivity index (χ0v) is 8.15. The van der Waals surface area contributed by atoms with Crippen LogP contribution in [0.15, 0.2) is 6.20 Å². The van der Waals surface area contributed by atoms with E-state index in [-0.39, 0.29) is 22.6 Å². The quantitative estimate of drug-likeness (QED) is 0.713. The van der Waals surface area contributed by atoms with Gasteiger partial charge in [-0.3, -0.25) is 4.98 Å². The molecule has 0 N–H and O–H groups in total. The second-order valence-corrected chi connectivity index (χ2v) is 2.97. The Kier molecular flexibility index (Phi) is 3.37. The highest BCUT2D eigenvalue weighted by molar-refractivity contribution is 6.17. The summed E-state index contributed by atoms with van der Waals surface area (Å²) in [5, 5.41) is 8.70. The molecule has 0 spiro atoms. The minimum absolute atomic E-state index is 0.0678. The predicted molar refractivity (Wildman–Crippen MR) is 48.2 cm³/mol. The molecule has 0 aliphatic carbocycles. The lowest BCUT2D eigenvalue weighted by atomic mass is 10.0. The molecule has 74 valence electrons. The van der Waals surface area contributed by atoms with E-state index in [1.807, 2.05) is 0 Å². The third-order valence-electron chi connectivity index (χ3n) is 1.87. The minimum Gasteiger partial charge on any atom is -0.260 e. The van der Waals surface area contributed by atoms with Crippen LogP contribution in [-0.2, 0) is 5.88 Å². The molecule has 14 heavy (non-hydrogen) atoms. The van der Waals surface area contributed by atoms with Gasteiger partial charge in [-0.25, -0.2) is 8.78 Å². The first-order valence-corrected chi connectivity index (χ1v) is 4.37. The smallest absolute Gasteiger partial charge is 0.260 e. The van der Waals surface area contributed by atoms with E-state index < -0.39 is 6.43 Å². The maximum atomic E-state index is 12.6. The summed E-state index contributed by atoms with van der Waals surface area (Å²) >= 11 is 5.47. The molecule has 2 nitrogen and oxygen atoms in total. The number of hydrogen-bond donors (Lipinski definition) is 0. The van der Waals surface area contributed by atoms with Gasteiger partial charge in [0.15, 0.2) is 0 Å². The van der Waals surface area contributed by atoms with E-state index in [2.05, 4.69) is 4.98 Å². The largest absolute Gasteiger partial charge is 0.265 e. The van der Waals surface area contributed by atoms with Gasteiger partial charge in [0.25, 0.3) is 6.43 Å². The average molecular weight is 217 g/mol. The lowest BCUT2D eigenvalue weighted by molar-refractivity contribution is 0.150. The molecule has 1 rings (SSSR count). The lowest BCUT2D eigenvalue weighted by Crippen LogP contribution is -2.01. The number of halogens is 3. The van der Waals surface area contributed by atoms with Crippen LogP contribution >= 0.6 is 11.6 Å². The standard InChI is InChI=1S/C9H7ClF2N2/c1-5-7(3-13)8(9(11)12)6(2-10)4-14-5/h4,9H,2H2,1H3. The highest BCUT2D eigenvalue weighted by Gasteiger charge is 2.19. The number of rotatable bonds is 2.